The Hall–Kier alpha value is -1.75. The van der Waals surface area contributed by atoms with Gasteiger partial charge < -0.3 is 5.32 Å². The number of hydrogen-bond acceptors (Lipinski definition) is 2. The van der Waals surface area contributed by atoms with Crippen molar-refractivity contribution in [2.75, 3.05) is 0 Å². The summed E-state index contributed by atoms with van der Waals surface area (Å²) in [6.45, 7) is 2.14. The molecule has 0 unspecified atom stereocenters. The average molecular weight is 323 g/mol. The first-order chi connectivity index (χ1) is 9.08. The third kappa shape index (κ3) is 3.38. The van der Waals surface area contributed by atoms with Gasteiger partial charge in [0.2, 0.25) is 0 Å². The molecule has 1 aromatic heterocycles. The highest BCUT2D eigenvalue weighted by molar-refractivity contribution is 9.10. The largest absolute Gasteiger partial charge is 0.346 e. The molecule has 1 amide bonds. The lowest BCUT2D eigenvalue weighted by Gasteiger charge is -2.07. The van der Waals surface area contributed by atoms with E-state index in [1.54, 1.807) is 6.07 Å². The Morgan fingerprint density at radius 3 is 2.74 bits per heavy atom. The second-order valence-electron chi connectivity index (χ2n) is 4.05. The fourth-order valence-electron chi connectivity index (χ4n) is 1.67. The molecule has 0 aliphatic rings. The molecule has 1 N–H and O–H groups in total. The lowest BCUT2D eigenvalue weighted by atomic mass is 10.2. The van der Waals surface area contributed by atoms with E-state index in [1.807, 2.05) is 25.1 Å². The van der Waals surface area contributed by atoms with Gasteiger partial charge in [0.1, 0.15) is 5.82 Å². The summed E-state index contributed by atoms with van der Waals surface area (Å²) in [6.07, 6.45) is 0. The molecule has 0 bridgehead atoms. The van der Waals surface area contributed by atoms with Gasteiger partial charge >= 0.3 is 0 Å². The van der Waals surface area contributed by atoms with Gasteiger partial charge in [-0.3, -0.25) is 9.78 Å². The number of carbonyl (C=O) groups excluding carboxylic acids is 1. The SMILES string of the molecule is Cc1cccc(CNC(=O)c2c(F)cccc2Br)n1. The van der Waals surface area contributed by atoms with Crippen LogP contribution in [0.5, 0.6) is 0 Å². The quantitative estimate of drug-likeness (QED) is 0.942. The molecule has 0 atom stereocenters. The summed E-state index contributed by atoms with van der Waals surface area (Å²) in [7, 11) is 0. The van der Waals surface area contributed by atoms with Gasteiger partial charge in [-0.25, -0.2) is 4.39 Å². The van der Waals surface area contributed by atoms with Gasteiger partial charge in [-0.05, 0) is 47.1 Å². The minimum absolute atomic E-state index is 0.00940. The number of aromatic nitrogens is 1. The summed E-state index contributed by atoms with van der Waals surface area (Å²) in [4.78, 5) is 16.2. The summed E-state index contributed by atoms with van der Waals surface area (Å²) in [6, 6.07) is 9.97. The van der Waals surface area contributed by atoms with Crippen molar-refractivity contribution in [3.8, 4) is 0 Å². The Balaban J connectivity index is 2.10. The summed E-state index contributed by atoms with van der Waals surface area (Å²) in [5, 5.41) is 2.65. The maximum absolute atomic E-state index is 13.6. The fraction of sp³-hybridized carbons (Fsp3) is 0.143. The monoisotopic (exact) mass is 322 g/mol. The number of nitrogens with one attached hydrogen (secondary N) is 1. The van der Waals surface area contributed by atoms with Crippen LogP contribution in [0.1, 0.15) is 21.7 Å². The number of nitrogens with zero attached hydrogens (tertiary/aromatic N) is 1. The Morgan fingerprint density at radius 1 is 1.32 bits per heavy atom. The first-order valence-corrected chi connectivity index (χ1v) is 6.52. The van der Waals surface area contributed by atoms with Crippen LogP contribution in [-0.2, 0) is 6.54 Å². The zero-order valence-electron chi connectivity index (χ0n) is 10.3. The first-order valence-electron chi connectivity index (χ1n) is 5.72. The van der Waals surface area contributed by atoms with Crippen molar-refractivity contribution < 1.29 is 9.18 Å². The molecule has 0 aliphatic carbocycles. The molecule has 5 heteroatoms. The first kappa shape index (κ1) is 13.7. The van der Waals surface area contributed by atoms with E-state index in [0.717, 1.165) is 11.4 Å². The van der Waals surface area contributed by atoms with E-state index in [-0.39, 0.29) is 12.1 Å². The van der Waals surface area contributed by atoms with E-state index in [1.165, 1.54) is 12.1 Å². The highest BCUT2D eigenvalue weighted by Crippen LogP contribution is 2.19. The highest BCUT2D eigenvalue weighted by Gasteiger charge is 2.14. The Bertz CT molecular complexity index is 596. The van der Waals surface area contributed by atoms with E-state index in [4.69, 9.17) is 0 Å². The van der Waals surface area contributed by atoms with Crippen molar-refractivity contribution in [1.82, 2.24) is 10.3 Å². The standard InChI is InChI=1S/C14H12BrFN2O/c1-9-4-2-5-10(18-9)8-17-14(19)13-11(15)6-3-7-12(13)16/h2-7H,8H2,1H3,(H,17,19). The summed E-state index contributed by atoms with van der Waals surface area (Å²) < 4.78 is 14.0. The molecule has 1 heterocycles. The van der Waals surface area contributed by atoms with Gasteiger partial charge in [0.15, 0.2) is 0 Å². The normalized spacial score (nSPS) is 10.3. The lowest BCUT2D eigenvalue weighted by Crippen LogP contribution is -2.24. The molecular weight excluding hydrogens is 311 g/mol. The van der Waals surface area contributed by atoms with E-state index in [9.17, 15) is 9.18 Å². The molecule has 0 fully saturated rings. The summed E-state index contributed by atoms with van der Waals surface area (Å²) >= 11 is 3.17. The van der Waals surface area contributed by atoms with E-state index in [0.29, 0.717) is 4.47 Å². The van der Waals surface area contributed by atoms with Crippen LogP contribution < -0.4 is 5.32 Å². The van der Waals surface area contributed by atoms with E-state index >= 15 is 0 Å². The number of halogens is 2. The van der Waals surface area contributed by atoms with Crippen molar-refractivity contribution in [1.29, 1.82) is 0 Å². The molecule has 0 spiro atoms. The van der Waals surface area contributed by atoms with Crippen molar-refractivity contribution in [2.45, 2.75) is 13.5 Å². The Morgan fingerprint density at radius 2 is 2.05 bits per heavy atom. The number of amides is 1. The zero-order valence-corrected chi connectivity index (χ0v) is 11.9. The maximum Gasteiger partial charge on any atom is 0.255 e. The van der Waals surface area contributed by atoms with Crippen molar-refractivity contribution in [2.24, 2.45) is 0 Å². The molecule has 0 saturated carbocycles. The van der Waals surface area contributed by atoms with Gasteiger partial charge in [0, 0.05) is 10.2 Å². The lowest BCUT2D eigenvalue weighted by molar-refractivity contribution is 0.0945. The van der Waals surface area contributed by atoms with Crippen LogP contribution in [-0.4, -0.2) is 10.9 Å². The minimum atomic E-state index is -0.552. The molecule has 19 heavy (non-hydrogen) atoms. The van der Waals surface area contributed by atoms with Crippen LogP contribution in [0.2, 0.25) is 0 Å². The molecule has 0 radical (unpaired) electrons. The molecule has 1 aromatic carbocycles. The van der Waals surface area contributed by atoms with Crippen molar-refractivity contribution >= 4 is 21.8 Å². The third-order valence-electron chi connectivity index (χ3n) is 2.57. The molecule has 0 aliphatic heterocycles. The second kappa shape index (κ2) is 5.93. The molecule has 98 valence electrons. The fourth-order valence-corrected chi connectivity index (χ4v) is 2.19. The van der Waals surface area contributed by atoms with Crippen molar-refractivity contribution in [3.05, 3.63) is 63.6 Å². The number of carbonyl (C=O) groups is 1. The van der Waals surface area contributed by atoms with Crippen molar-refractivity contribution in [3.63, 3.8) is 0 Å². The third-order valence-corrected chi connectivity index (χ3v) is 3.23. The Labute approximate surface area is 119 Å². The smallest absolute Gasteiger partial charge is 0.255 e. The van der Waals surface area contributed by atoms with Crippen LogP contribution in [0.25, 0.3) is 0 Å². The maximum atomic E-state index is 13.6. The van der Waals surface area contributed by atoms with Crippen LogP contribution in [0.3, 0.4) is 0 Å². The average Bonchev–Trinajstić information content (AvgIpc) is 2.36. The van der Waals surface area contributed by atoms with Gasteiger partial charge in [-0.1, -0.05) is 12.1 Å². The van der Waals surface area contributed by atoms with Gasteiger partial charge in [-0.2, -0.15) is 0 Å². The summed E-state index contributed by atoms with van der Waals surface area (Å²) in [5.41, 5.74) is 1.62. The topological polar surface area (TPSA) is 42.0 Å². The van der Waals surface area contributed by atoms with Crippen LogP contribution >= 0.6 is 15.9 Å². The number of benzene rings is 1. The number of pyridine rings is 1. The highest BCUT2D eigenvalue weighted by atomic mass is 79.9. The van der Waals surface area contributed by atoms with Crippen LogP contribution in [0.15, 0.2) is 40.9 Å². The number of rotatable bonds is 3. The van der Waals surface area contributed by atoms with Gasteiger partial charge in [-0.15, -0.1) is 0 Å². The minimum Gasteiger partial charge on any atom is -0.346 e. The molecule has 2 rings (SSSR count). The van der Waals surface area contributed by atoms with E-state index in [2.05, 4.69) is 26.2 Å². The van der Waals surface area contributed by atoms with Gasteiger partial charge in [0.05, 0.1) is 17.8 Å². The summed E-state index contributed by atoms with van der Waals surface area (Å²) in [5.74, 6) is -1.02. The van der Waals surface area contributed by atoms with Gasteiger partial charge in [0.25, 0.3) is 5.91 Å². The van der Waals surface area contributed by atoms with E-state index < -0.39 is 11.7 Å². The van der Waals surface area contributed by atoms with Crippen LogP contribution in [0, 0.1) is 12.7 Å². The molecule has 0 saturated heterocycles. The Kier molecular flexibility index (Phi) is 4.27. The molecule has 3 nitrogen and oxygen atoms in total. The second-order valence-corrected chi connectivity index (χ2v) is 4.90. The zero-order chi connectivity index (χ0) is 13.8. The molecule has 2 aromatic rings. The molecular formula is C14H12BrFN2O. The number of hydrogen-bond donors (Lipinski definition) is 1. The number of aryl methyl sites for hydroxylation is 1. The predicted molar refractivity (Wildman–Crippen MR) is 74.2 cm³/mol. The predicted octanol–water partition coefficient (Wildman–Crippen LogP) is 3.22. The van der Waals surface area contributed by atoms with Crippen LogP contribution in [0.4, 0.5) is 4.39 Å².